The topological polar surface area (TPSA) is 108 Å². The van der Waals surface area contributed by atoms with Gasteiger partial charge in [0, 0.05) is 35.1 Å². The summed E-state index contributed by atoms with van der Waals surface area (Å²) in [6.45, 7) is 1.62. The number of rotatable bonds is 10. The zero-order valence-electron chi connectivity index (χ0n) is 21.5. The van der Waals surface area contributed by atoms with Crippen molar-refractivity contribution in [3.8, 4) is 11.5 Å². The van der Waals surface area contributed by atoms with Crippen LogP contribution < -0.4 is 14.8 Å². The van der Waals surface area contributed by atoms with E-state index in [0.29, 0.717) is 16.9 Å². The molecule has 2 aliphatic rings. The van der Waals surface area contributed by atoms with Crippen LogP contribution in [0.15, 0.2) is 48.5 Å². The summed E-state index contributed by atoms with van der Waals surface area (Å²) in [5, 5.41) is 21.8. The fourth-order valence-electron chi connectivity index (χ4n) is 4.25. The van der Waals surface area contributed by atoms with E-state index in [-0.39, 0.29) is 12.1 Å². The number of methoxy groups -OCH3 is 2. The van der Waals surface area contributed by atoms with Crippen LogP contribution in [0.25, 0.3) is 0 Å². The Morgan fingerprint density at radius 1 is 0.865 bits per heavy atom. The summed E-state index contributed by atoms with van der Waals surface area (Å²) in [7, 11) is 5.19. The number of likely N-dealkylation sites (tertiary alicyclic amines) is 1. The van der Waals surface area contributed by atoms with Crippen molar-refractivity contribution in [1.29, 1.82) is 0 Å². The third kappa shape index (κ3) is 9.14. The van der Waals surface area contributed by atoms with Gasteiger partial charge in [-0.2, -0.15) is 23.5 Å². The number of carboxylic acid groups (broad SMARTS) is 2. The highest BCUT2D eigenvalue weighted by molar-refractivity contribution is 7.99. The Kier molecular flexibility index (Phi) is 11.4. The molecule has 0 aromatic heterocycles. The van der Waals surface area contributed by atoms with Crippen molar-refractivity contribution < 1.29 is 29.3 Å². The van der Waals surface area contributed by atoms with Gasteiger partial charge in [-0.1, -0.05) is 24.3 Å². The maximum Gasteiger partial charge on any atom is 0.320 e. The monoisotopic (exact) mass is 548 g/mol. The molecule has 0 aliphatic carbocycles. The zero-order valence-corrected chi connectivity index (χ0v) is 23.1. The summed E-state index contributed by atoms with van der Waals surface area (Å²) in [5.41, 5.74) is 2.48. The van der Waals surface area contributed by atoms with Gasteiger partial charge in [-0.05, 0) is 55.3 Å². The van der Waals surface area contributed by atoms with E-state index in [1.165, 1.54) is 11.1 Å². The third-order valence-corrected chi connectivity index (χ3v) is 9.12. The maximum atomic E-state index is 11.0. The van der Waals surface area contributed by atoms with Crippen LogP contribution in [0.3, 0.4) is 0 Å². The van der Waals surface area contributed by atoms with Crippen LogP contribution >= 0.6 is 23.5 Å². The number of ether oxygens (including phenoxy) is 2. The summed E-state index contributed by atoms with van der Waals surface area (Å²) < 4.78 is 10.2. The predicted molar refractivity (Wildman–Crippen MR) is 149 cm³/mol. The van der Waals surface area contributed by atoms with Gasteiger partial charge in [0.1, 0.15) is 23.6 Å². The highest BCUT2D eigenvalue weighted by atomic mass is 32.2. The molecule has 4 rings (SSSR count). The summed E-state index contributed by atoms with van der Waals surface area (Å²) in [5.74, 6) is 2.08. The largest absolute Gasteiger partial charge is 0.497 e. The van der Waals surface area contributed by atoms with Crippen LogP contribution in [0.4, 0.5) is 0 Å². The number of likely N-dealkylation sites (N-methyl/N-ethyl adjacent to an activating group) is 1. The number of nitrogens with zero attached hydrogens (tertiary/aromatic N) is 1. The zero-order chi connectivity index (χ0) is 26.8. The first-order chi connectivity index (χ1) is 17.8. The molecular weight excluding hydrogens is 512 g/mol. The van der Waals surface area contributed by atoms with Crippen molar-refractivity contribution >= 4 is 35.5 Å². The lowest BCUT2D eigenvalue weighted by atomic mass is 10.2. The minimum absolute atomic E-state index is 0.326. The van der Waals surface area contributed by atoms with Crippen molar-refractivity contribution in [2.75, 3.05) is 34.4 Å². The second-order valence-electron chi connectivity index (χ2n) is 9.13. The molecule has 0 amide bonds. The third-order valence-electron chi connectivity index (χ3n) is 6.47. The van der Waals surface area contributed by atoms with Crippen LogP contribution in [0.5, 0.6) is 11.5 Å². The highest BCUT2D eigenvalue weighted by Gasteiger charge is 2.34. The van der Waals surface area contributed by atoms with Gasteiger partial charge >= 0.3 is 11.9 Å². The first-order valence-corrected chi connectivity index (χ1v) is 14.3. The molecule has 2 aliphatic heterocycles. The molecule has 0 bridgehead atoms. The lowest BCUT2D eigenvalue weighted by Gasteiger charge is -2.13. The van der Waals surface area contributed by atoms with Gasteiger partial charge in [-0.15, -0.1) is 0 Å². The predicted octanol–water partition coefficient (Wildman–Crippen LogP) is 3.83. The van der Waals surface area contributed by atoms with E-state index in [1.807, 2.05) is 60.1 Å². The van der Waals surface area contributed by atoms with Crippen molar-refractivity contribution in [1.82, 2.24) is 10.2 Å². The van der Waals surface area contributed by atoms with Gasteiger partial charge in [-0.3, -0.25) is 14.5 Å². The number of nitrogens with one attached hydrogen (secondary N) is 1. The molecule has 37 heavy (non-hydrogen) atoms. The standard InChI is InChI=1S/C14H19NO3S.C13H17NO3S/c1-15-8-12(7-13(15)14(16)17)19-9-10-3-5-11(18-2)6-4-10;1-17-10-4-2-9(3-5-10)8-18-11-6-12(13(15)16)14-7-11/h3-6,12-13H,7-9H2,1-2H3,(H,16,17);2-5,11-12,14H,6-8H2,1H3,(H,15,16)/t12-,13+;11-,12+/m11/s1. The molecule has 202 valence electrons. The fraction of sp³-hybridized carbons (Fsp3) is 0.481. The number of hydrogen-bond acceptors (Lipinski definition) is 8. The van der Waals surface area contributed by atoms with Crippen molar-refractivity contribution in [2.45, 2.75) is 46.9 Å². The SMILES string of the molecule is COc1ccc(CS[C@@H]2C[C@@H](C(=O)O)N(C)C2)cc1.COc1ccc(CS[C@H]2CN[C@H](C(=O)O)C2)cc1. The number of hydrogen-bond donors (Lipinski definition) is 3. The molecule has 0 radical (unpaired) electrons. The summed E-state index contributed by atoms with van der Waals surface area (Å²) in [6.07, 6.45) is 1.43. The molecule has 2 aromatic carbocycles. The smallest absolute Gasteiger partial charge is 0.320 e. The second-order valence-corrected chi connectivity index (χ2v) is 11.7. The lowest BCUT2D eigenvalue weighted by molar-refractivity contribution is -0.141. The van der Waals surface area contributed by atoms with Gasteiger partial charge in [0.25, 0.3) is 0 Å². The van der Waals surface area contributed by atoms with Crippen LogP contribution in [-0.4, -0.2) is 84.0 Å². The number of aliphatic carboxylic acids is 2. The number of thioether (sulfide) groups is 2. The molecule has 2 fully saturated rings. The van der Waals surface area contributed by atoms with Crippen LogP contribution in [0, 0.1) is 0 Å². The molecule has 2 heterocycles. The minimum atomic E-state index is -0.748. The molecule has 2 saturated heterocycles. The van der Waals surface area contributed by atoms with E-state index in [1.54, 1.807) is 26.0 Å². The molecule has 4 atom stereocenters. The Morgan fingerprint density at radius 2 is 1.38 bits per heavy atom. The van der Waals surface area contributed by atoms with E-state index in [2.05, 4.69) is 17.4 Å². The summed E-state index contributed by atoms with van der Waals surface area (Å²) in [6, 6.07) is 15.3. The normalized spacial score (nSPS) is 23.2. The summed E-state index contributed by atoms with van der Waals surface area (Å²) in [4.78, 5) is 23.8. The summed E-state index contributed by atoms with van der Waals surface area (Å²) >= 11 is 3.63. The van der Waals surface area contributed by atoms with E-state index in [4.69, 9.17) is 19.7 Å². The van der Waals surface area contributed by atoms with Crippen molar-refractivity contribution in [3.05, 3.63) is 59.7 Å². The first-order valence-electron chi connectivity index (χ1n) is 12.2. The molecule has 10 heteroatoms. The minimum Gasteiger partial charge on any atom is -0.497 e. The molecular formula is C27H36N2O6S2. The van der Waals surface area contributed by atoms with Crippen LogP contribution in [0.2, 0.25) is 0 Å². The van der Waals surface area contributed by atoms with Crippen LogP contribution in [-0.2, 0) is 21.1 Å². The molecule has 8 nitrogen and oxygen atoms in total. The Hall–Kier alpha value is -2.40. The van der Waals surface area contributed by atoms with E-state index in [0.717, 1.165) is 42.5 Å². The fourth-order valence-corrected chi connectivity index (χ4v) is 6.69. The van der Waals surface area contributed by atoms with E-state index >= 15 is 0 Å². The Balaban J connectivity index is 0.000000206. The quantitative estimate of drug-likeness (QED) is 0.405. The Labute approximate surface area is 227 Å². The van der Waals surface area contributed by atoms with Gasteiger partial charge in [0.2, 0.25) is 0 Å². The Morgan fingerprint density at radius 3 is 1.78 bits per heavy atom. The first kappa shape index (κ1) is 29.2. The average Bonchev–Trinajstić information content (AvgIpc) is 3.54. The molecule has 2 aromatic rings. The maximum absolute atomic E-state index is 11.0. The molecule has 3 N–H and O–H groups in total. The number of carbonyl (C=O) groups is 2. The van der Waals surface area contributed by atoms with Crippen LogP contribution in [0.1, 0.15) is 24.0 Å². The highest BCUT2D eigenvalue weighted by Crippen LogP contribution is 2.29. The average molecular weight is 549 g/mol. The van der Waals surface area contributed by atoms with Gasteiger partial charge < -0.3 is 25.0 Å². The van der Waals surface area contributed by atoms with E-state index in [9.17, 15) is 9.59 Å². The molecule has 0 saturated carbocycles. The van der Waals surface area contributed by atoms with Gasteiger partial charge in [0.05, 0.1) is 14.2 Å². The van der Waals surface area contributed by atoms with E-state index < -0.39 is 11.9 Å². The molecule has 0 spiro atoms. The molecule has 0 unspecified atom stereocenters. The number of carboxylic acids is 2. The van der Waals surface area contributed by atoms with Gasteiger partial charge in [0.15, 0.2) is 0 Å². The Bertz CT molecular complexity index is 1000. The van der Waals surface area contributed by atoms with Crippen molar-refractivity contribution in [3.63, 3.8) is 0 Å². The second kappa shape index (κ2) is 14.5. The number of benzene rings is 2. The van der Waals surface area contributed by atoms with Crippen molar-refractivity contribution in [2.24, 2.45) is 0 Å². The lowest BCUT2D eigenvalue weighted by Crippen LogP contribution is -2.32. The van der Waals surface area contributed by atoms with Gasteiger partial charge in [-0.25, -0.2) is 0 Å².